The number of hydrogen-bond acceptors (Lipinski definition) is 3. The van der Waals surface area contributed by atoms with Gasteiger partial charge in [0.05, 0.1) is 0 Å². The Balaban J connectivity index is 2.10. The Bertz CT molecular complexity index is 267. The number of halogens is 1. The van der Waals surface area contributed by atoms with Gasteiger partial charge >= 0.3 is 0 Å². The molecule has 0 saturated carbocycles. The number of hydrogen-bond donors (Lipinski definition) is 1. The van der Waals surface area contributed by atoms with Crippen molar-refractivity contribution < 1.29 is 0 Å². The molecule has 1 aliphatic heterocycles. The van der Waals surface area contributed by atoms with Gasteiger partial charge in [-0.15, -0.1) is 0 Å². The van der Waals surface area contributed by atoms with Gasteiger partial charge in [0.2, 0.25) is 5.28 Å². The Kier molecular flexibility index (Phi) is 2.76. The molecule has 1 fully saturated rings. The molecular weight excluding hydrogens is 186 g/mol. The first-order chi connectivity index (χ1) is 6.36. The fourth-order valence-electron chi connectivity index (χ4n) is 1.69. The van der Waals surface area contributed by atoms with Gasteiger partial charge in [0.1, 0.15) is 0 Å². The van der Waals surface area contributed by atoms with Gasteiger partial charge in [-0.25, -0.2) is 9.97 Å². The lowest BCUT2D eigenvalue weighted by Crippen LogP contribution is -2.26. The quantitative estimate of drug-likeness (QED) is 0.695. The fourth-order valence-corrected chi connectivity index (χ4v) is 1.79. The summed E-state index contributed by atoms with van der Waals surface area (Å²) in [7, 11) is 0. The van der Waals surface area contributed by atoms with Crippen LogP contribution in [0.15, 0.2) is 12.4 Å². The normalized spacial score (nSPS) is 18.8. The second kappa shape index (κ2) is 4.03. The van der Waals surface area contributed by atoms with E-state index in [9.17, 15) is 0 Å². The first-order valence-corrected chi connectivity index (χ1v) is 4.92. The van der Waals surface area contributed by atoms with E-state index in [4.69, 9.17) is 11.6 Å². The standard InChI is InChI=1S/C9H12ClN3/c10-9-12-5-8(6-13-9)7-1-3-11-4-2-7/h5-7,11H,1-4H2. The van der Waals surface area contributed by atoms with Gasteiger partial charge < -0.3 is 5.32 Å². The third-order valence-corrected chi connectivity index (χ3v) is 2.65. The maximum Gasteiger partial charge on any atom is 0.222 e. The van der Waals surface area contributed by atoms with Crippen molar-refractivity contribution in [3.05, 3.63) is 23.2 Å². The average Bonchev–Trinajstić information content (AvgIpc) is 2.20. The van der Waals surface area contributed by atoms with Gasteiger partial charge in [-0.2, -0.15) is 0 Å². The van der Waals surface area contributed by atoms with E-state index in [1.165, 1.54) is 18.4 Å². The molecule has 3 nitrogen and oxygen atoms in total. The molecule has 0 aromatic carbocycles. The SMILES string of the molecule is Clc1ncc(C2CCNCC2)cn1. The Hall–Kier alpha value is -0.670. The summed E-state index contributed by atoms with van der Waals surface area (Å²) in [6.45, 7) is 2.18. The number of rotatable bonds is 1. The summed E-state index contributed by atoms with van der Waals surface area (Å²) < 4.78 is 0. The smallest absolute Gasteiger partial charge is 0.222 e. The van der Waals surface area contributed by atoms with Crippen molar-refractivity contribution in [2.24, 2.45) is 0 Å². The number of nitrogens with zero attached hydrogens (tertiary/aromatic N) is 2. The molecule has 1 saturated heterocycles. The first kappa shape index (κ1) is 8.91. The highest BCUT2D eigenvalue weighted by Gasteiger charge is 2.15. The minimum atomic E-state index is 0.331. The second-order valence-corrected chi connectivity index (χ2v) is 3.65. The van der Waals surface area contributed by atoms with Crippen LogP contribution < -0.4 is 5.32 Å². The Morgan fingerprint density at radius 2 is 1.85 bits per heavy atom. The van der Waals surface area contributed by atoms with Crippen LogP contribution in [0.1, 0.15) is 24.3 Å². The lowest BCUT2D eigenvalue weighted by Gasteiger charge is -2.22. The van der Waals surface area contributed by atoms with Crippen molar-refractivity contribution in [3.63, 3.8) is 0 Å². The number of aromatic nitrogens is 2. The average molecular weight is 198 g/mol. The van der Waals surface area contributed by atoms with Crippen LogP contribution in [0.4, 0.5) is 0 Å². The van der Waals surface area contributed by atoms with Crippen LogP contribution in [0.2, 0.25) is 5.28 Å². The highest BCUT2D eigenvalue weighted by Crippen LogP contribution is 2.23. The molecular formula is C9H12ClN3. The molecule has 70 valence electrons. The molecule has 0 spiro atoms. The lowest BCUT2D eigenvalue weighted by molar-refractivity contribution is 0.458. The molecule has 0 bridgehead atoms. The van der Waals surface area contributed by atoms with E-state index in [1.54, 1.807) is 0 Å². The minimum Gasteiger partial charge on any atom is -0.317 e. The molecule has 1 aromatic rings. The van der Waals surface area contributed by atoms with E-state index in [0.717, 1.165) is 13.1 Å². The summed E-state index contributed by atoms with van der Waals surface area (Å²) in [4.78, 5) is 7.98. The van der Waals surface area contributed by atoms with Crippen LogP contribution in [0.25, 0.3) is 0 Å². The first-order valence-electron chi connectivity index (χ1n) is 4.54. The second-order valence-electron chi connectivity index (χ2n) is 3.31. The van der Waals surface area contributed by atoms with E-state index in [0.29, 0.717) is 11.2 Å². The molecule has 0 unspecified atom stereocenters. The predicted molar refractivity (Wildman–Crippen MR) is 51.9 cm³/mol. The summed E-state index contributed by atoms with van der Waals surface area (Å²) >= 11 is 5.62. The van der Waals surface area contributed by atoms with Gasteiger partial charge in [-0.3, -0.25) is 0 Å². The van der Waals surface area contributed by atoms with Crippen LogP contribution in [0.3, 0.4) is 0 Å². The van der Waals surface area contributed by atoms with Crippen molar-refractivity contribution in [1.82, 2.24) is 15.3 Å². The molecule has 0 atom stereocenters. The van der Waals surface area contributed by atoms with Crippen molar-refractivity contribution in [3.8, 4) is 0 Å². The van der Waals surface area contributed by atoms with Gasteiger partial charge in [-0.05, 0) is 49.0 Å². The van der Waals surface area contributed by atoms with Gasteiger partial charge in [-0.1, -0.05) is 0 Å². The zero-order valence-corrected chi connectivity index (χ0v) is 8.09. The van der Waals surface area contributed by atoms with Crippen LogP contribution >= 0.6 is 11.6 Å². The predicted octanol–water partition coefficient (Wildman–Crippen LogP) is 1.60. The Labute approximate surface area is 82.5 Å². The van der Waals surface area contributed by atoms with Crippen LogP contribution in [0.5, 0.6) is 0 Å². The maximum absolute atomic E-state index is 5.62. The van der Waals surface area contributed by atoms with Crippen LogP contribution in [-0.4, -0.2) is 23.1 Å². The van der Waals surface area contributed by atoms with E-state index in [2.05, 4.69) is 15.3 Å². The Morgan fingerprint density at radius 3 is 2.46 bits per heavy atom. The minimum absolute atomic E-state index is 0.331. The third-order valence-electron chi connectivity index (χ3n) is 2.45. The summed E-state index contributed by atoms with van der Waals surface area (Å²) in [5.41, 5.74) is 1.21. The van der Waals surface area contributed by atoms with Gasteiger partial charge in [0.25, 0.3) is 0 Å². The highest BCUT2D eigenvalue weighted by molar-refractivity contribution is 6.28. The highest BCUT2D eigenvalue weighted by atomic mass is 35.5. The zero-order valence-electron chi connectivity index (χ0n) is 7.33. The summed E-state index contributed by atoms with van der Waals surface area (Å²) in [5, 5.41) is 3.66. The van der Waals surface area contributed by atoms with Crippen molar-refractivity contribution in [2.45, 2.75) is 18.8 Å². The van der Waals surface area contributed by atoms with E-state index < -0.39 is 0 Å². The fraction of sp³-hybridized carbons (Fsp3) is 0.556. The summed E-state index contributed by atoms with van der Waals surface area (Å²) in [5.74, 6) is 0.610. The van der Waals surface area contributed by atoms with Gasteiger partial charge in [0, 0.05) is 12.4 Å². The zero-order chi connectivity index (χ0) is 9.10. The largest absolute Gasteiger partial charge is 0.317 e. The molecule has 0 amide bonds. The van der Waals surface area contributed by atoms with Crippen molar-refractivity contribution in [1.29, 1.82) is 0 Å². The van der Waals surface area contributed by atoms with E-state index in [-0.39, 0.29) is 0 Å². The van der Waals surface area contributed by atoms with Crippen molar-refractivity contribution >= 4 is 11.6 Å². The third kappa shape index (κ3) is 2.17. The maximum atomic E-state index is 5.62. The summed E-state index contributed by atoms with van der Waals surface area (Å²) in [6, 6.07) is 0. The Morgan fingerprint density at radius 1 is 1.23 bits per heavy atom. The molecule has 2 rings (SSSR count). The van der Waals surface area contributed by atoms with Crippen molar-refractivity contribution in [2.75, 3.05) is 13.1 Å². The molecule has 2 heterocycles. The molecule has 1 aromatic heterocycles. The van der Waals surface area contributed by atoms with Crippen LogP contribution in [0, 0.1) is 0 Å². The molecule has 13 heavy (non-hydrogen) atoms. The topological polar surface area (TPSA) is 37.8 Å². The number of nitrogens with one attached hydrogen (secondary N) is 1. The van der Waals surface area contributed by atoms with E-state index in [1.807, 2.05) is 12.4 Å². The van der Waals surface area contributed by atoms with Crippen LogP contribution in [-0.2, 0) is 0 Å². The molecule has 1 N–H and O–H groups in total. The molecule has 0 aliphatic carbocycles. The molecule has 0 radical (unpaired) electrons. The monoisotopic (exact) mass is 197 g/mol. The van der Waals surface area contributed by atoms with Gasteiger partial charge in [0.15, 0.2) is 0 Å². The molecule has 1 aliphatic rings. The molecule has 4 heteroatoms. The summed E-state index contributed by atoms with van der Waals surface area (Å²) in [6.07, 6.45) is 6.02. The van der Waals surface area contributed by atoms with E-state index >= 15 is 0 Å². The number of piperidine rings is 1. The lowest BCUT2D eigenvalue weighted by atomic mass is 9.92.